The zero-order valence-corrected chi connectivity index (χ0v) is 17.1. The average Bonchev–Trinajstić information content (AvgIpc) is 3.33. The molecule has 0 N–H and O–H groups in total. The van der Waals surface area contributed by atoms with Gasteiger partial charge in [-0.3, -0.25) is 14.2 Å². The molecule has 10 nitrogen and oxygen atoms in total. The van der Waals surface area contributed by atoms with Gasteiger partial charge in [-0.1, -0.05) is 0 Å². The molecule has 0 atom stereocenters. The Bertz CT molecular complexity index is 1330. The third kappa shape index (κ3) is 3.60. The van der Waals surface area contributed by atoms with Gasteiger partial charge in [0.15, 0.2) is 11.5 Å². The molecule has 0 amide bonds. The number of nitrogens with zero attached hydrogens (tertiary/aromatic N) is 8. The molecule has 1 fully saturated rings. The number of anilines is 1. The monoisotopic (exact) mass is 418 g/mol. The van der Waals surface area contributed by atoms with Gasteiger partial charge < -0.3 is 4.90 Å². The lowest BCUT2D eigenvalue weighted by molar-refractivity contribution is 0.331. The minimum atomic E-state index is -0.122. The maximum atomic E-state index is 12.7. The summed E-state index contributed by atoms with van der Waals surface area (Å²) in [6, 6.07) is 8.51. The van der Waals surface area contributed by atoms with Crippen LogP contribution in [0.25, 0.3) is 16.9 Å². The Labute approximate surface area is 177 Å². The summed E-state index contributed by atoms with van der Waals surface area (Å²) in [6.45, 7) is 2.04. The second kappa shape index (κ2) is 7.78. The first-order valence-corrected chi connectivity index (χ1v) is 10.2. The van der Waals surface area contributed by atoms with Crippen LogP contribution in [0.15, 0.2) is 58.5 Å². The molecule has 10 heteroatoms. The van der Waals surface area contributed by atoms with E-state index in [1.807, 2.05) is 6.07 Å². The van der Waals surface area contributed by atoms with E-state index >= 15 is 0 Å². The summed E-state index contributed by atoms with van der Waals surface area (Å²) in [4.78, 5) is 36.0. The standard InChI is InChI=1S/C21H22N8O2/c1-26-20(31)16-4-2-9-22-19(16)24-21(26)27-12-7-15(8-13-27)14-29-18(30)6-5-17(25-29)28-11-3-10-23-28/h2-6,9-11,15H,7-8,12-14H2,1H3. The van der Waals surface area contributed by atoms with Crippen LogP contribution in [0.5, 0.6) is 0 Å². The van der Waals surface area contributed by atoms with E-state index in [0.717, 1.165) is 25.9 Å². The molecule has 31 heavy (non-hydrogen) atoms. The van der Waals surface area contributed by atoms with Crippen LogP contribution in [0.1, 0.15) is 12.8 Å². The Morgan fingerprint density at radius 3 is 2.68 bits per heavy atom. The van der Waals surface area contributed by atoms with Gasteiger partial charge in [-0.2, -0.15) is 10.1 Å². The van der Waals surface area contributed by atoms with Gasteiger partial charge in [0.05, 0.1) is 5.39 Å². The van der Waals surface area contributed by atoms with E-state index in [-0.39, 0.29) is 11.1 Å². The Kier molecular flexibility index (Phi) is 4.81. The van der Waals surface area contributed by atoms with Crippen molar-refractivity contribution in [2.75, 3.05) is 18.0 Å². The predicted octanol–water partition coefficient (Wildman–Crippen LogP) is 0.987. The van der Waals surface area contributed by atoms with Crippen LogP contribution in [0.2, 0.25) is 0 Å². The molecule has 1 aliphatic rings. The van der Waals surface area contributed by atoms with Crippen molar-refractivity contribution in [2.45, 2.75) is 19.4 Å². The molecule has 4 aromatic heterocycles. The molecule has 5 heterocycles. The van der Waals surface area contributed by atoms with E-state index < -0.39 is 0 Å². The van der Waals surface area contributed by atoms with Crippen molar-refractivity contribution in [2.24, 2.45) is 13.0 Å². The van der Waals surface area contributed by atoms with Crippen molar-refractivity contribution >= 4 is 17.0 Å². The first-order chi connectivity index (χ1) is 15.1. The third-order valence-electron chi connectivity index (χ3n) is 5.75. The first kappa shape index (κ1) is 19.2. The zero-order chi connectivity index (χ0) is 21.4. The lowest BCUT2D eigenvalue weighted by atomic mass is 9.97. The fraction of sp³-hybridized carbons (Fsp3) is 0.333. The van der Waals surface area contributed by atoms with E-state index in [0.29, 0.717) is 35.3 Å². The van der Waals surface area contributed by atoms with Gasteiger partial charge in [-0.25, -0.2) is 14.3 Å². The minimum Gasteiger partial charge on any atom is -0.342 e. The van der Waals surface area contributed by atoms with Gasteiger partial charge in [0.2, 0.25) is 5.95 Å². The summed E-state index contributed by atoms with van der Waals surface area (Å²) < 4.78 is 4.74. The number of rotatable bonds is 4. The highest BCUT2D eigenvalue weighted by atomic mass is 16.1. The number of hydrogen-bond acceptors (Lipinski definition) is 7. The smallest absolute Gasteiger partial charge is 0.266 e. The van der Waals surface area contributed by atoms with Gasteiger partial charge in [0, 0.05) is 51.3 Å². The van der Waals surface area contributed by atoms with Gasteiger partial charge >= 0.3 is 0 Å². The second-order valence-corrected chi connectivity index (χ2v) is 7.74. The normalized spacial score (nSPS) is 14.9. The maximum absolute atomic E-state index is 12.7. The summed E-state index contributed by atoms with van der Waals surface area (Å²) in [7, 11) is 1.74. The van der Waals surface area contributed by atoms with E-state index in [1.54, 1.807) is 53.1 Å². The highest BCUT2D eigenvalue weighted by Crippen LogP contribution is 2.23. The Morgan fingerprint density at radius 1 is 1.06 bits per heavy atom. The lowest BCUT2D eigenvalue weighted by Crippen LogP contribution is -2.40. The van der Waals surface area contributed by atoms with Crippen LogP contribution in [-0.2, 0) is 13.6 Å². The molecule has 0 radical (unpaired) electrons. The number of piperidine rings is 1. The number of aromatic nitrogens is 7. The van der Waals surface area contributed by atoms with E-state index in [1.165, 1.54) is 10.7 Å². The fourth-order valence-electron chi connectivity index (χ4n) is 4.03. The summed E-state index contributed by atoms with van der Waals surface area (Å²) in [5.41, 5.74) is 0.248. The summed E-state index contributed by atoms with van der Waals surface area (Å²) >= 11 is 0. The average molecular weight is 418 g/mol. The van der Waals surface area contributed by atoms with E-state index in [2.05, 4.69) is 25.1 Å². The third-order valence-corrected chi connectivity index (χ3v) is 5.75. The van der Waals surface area contributed by atoms with E-state index in [9.17, 15) is 9.59 Å². The molecule has 1 saturated heterocycles. The highest BCUT2D eigenvalue weighted by molar-refractivity contribution is 5.74. The lowest BCUT2D eigenvalue weighted by Gasteiger charge is -2.33. The molecule has 5 rings (SSSR count). The molecular formula is C21H22N8O2. The van der Waals surface area contributed by atoms with Crippen molar-refractivity contribution in [3.63, 3.8) is 0 Å². The number of pyridine rings is 1. The molecule has 0 saturated carbocycles. The molecule has 0 unspecified atom stereocenters. The van der Waals surface area contributed by atoms with E-state index in [4.69, 9.17) is 0 Å². The van der Waals surface area contributed by atoms with Gasteiger partial charge in [-0.15, -0.1) is 5.10 Å². The molecule has 1 aliphatic heterocycles. The Morgan fingerprint density at radius 2 is 1.90 bits per heavy atom. The molecule has 0 spiro atoms. The first-order valence-electron chi connectivity index (χ1n) is 10.2. The molecule has 0 aromatic carbocycles. The fourth-order valence-corrected chi connectivity index (χ4v) is 4.03. The minimum absolute atomic E-state index is 0.0959. The number of fused-ring (bicyclic) bond motifs is 1. The van der Waals surface area contributed by atoms with Crippen LogP contribution in [0, 0.1) is 5.92 Å². The highest BCUT2D eigenvalue weighted by Gasteiger charge is 2.24. The summed E-state index contributed by atoms with van der Waals surface area (Å²) in [5, 5.41) is 9.17. The molecule has 0 bridgehead atoms. The molecular weight excluding hydrogens is 396 g/mol. The van der Waals surface area contributed by atoms with Crippen molar-refractivity contribution in [1.29, 1.82) is 0 Å². The molecule has 158 valence electrons. The van der Waals surface area contributed by atoms with Gasteiger partial charge in [0.25, 0.3) is 11.1 Å². The second-order valence-electron chi connectivity index (χ2n) is 7.74. The van der Waals surface area contributed by atoms with Crippen molar-refractivity contribution in [1.82, 2.24) is 34.1 Å². The van der Waals surface area contributed by atoms with Gasteiger partial charge in [0.1, 0.15) is 0 Å². The summed E-state index contributed by atoms with van der Waals surface area (Å²) in [6.07, 6.45) is 6.86. The summed E-state index contributed by atoms with van der Waals surface area (Å²) in [5.74, 6) is 1.56. The quantitative estimate of drug-likeness (QED) is 0.487. The van der Waals surface area contributed by atoms with Crippen LogP contribution >= 0.6 is 0 Å². The predicted molar refractivity (Wildman–Crippen MR) is 115 cm³/mol. The van der Waals surface area contributed by atoms with Crippen LogP contribution < -0.4 is 16.0 Å². The Balaban J connectivity index is 1.32. The molecule has 0 aliphatic carbocycles. The largest absolute Gasteiger partial charge is 0.342 e. The molecule has 4 aromatic rings. The van der Waals surface area contributed by atoms with Crippen LogP contribution in [-0.4, -0.2) is 47.2 Å². The maximum Gasteiger partial charge on any atom is 0.266 e. The van der Waals surface area contributed by atoms with Crippen molar-refractivity contribution < 1.29 is 0 Å². The Hall–Kier alpha value is -3.82. The van der Waals surface area contributed by atoms with Gasteiger partial charge in [-0.05, 0) is 43.0 Å². The zero-order valence-electron chi connectivity index (χ0n) is 17.1. The topological polar surface area (TPSA) is 104 Å². The van der Waals surface area contributed by atoms with Crippen LogP contribution in [0.3, 0.4) is 0 Å². The SMILES string of the molecule is Cn1c(N2CCC(Cn3nc(-n4cccn4)ccc3=O)CC2)nc2ncccc2c1=O. The van der Waals surface area contributed by atoms with Crippen LogP contribution in [0.4, 0.5) is 5.95 Å². The van der Waals surface area contributed by atoms with Crippen molar-refractivity contribution in [3.8, 4) is 5.82 Å². The number of hydrogen-bond donors (Lipinski definition) is 0. The van der Waals surface area contributed by atoms with Crippen molar-refractivity contribution in [3.05, 3.63) is 69.6 Å².